The van der Waals surface area contributed by atoms with Gasteiger partial charge in [-0.05, 0) is 11.6 Å². The Bertz CT molecular complexity index is 1570. The Hall–Kier alpha value is -4.11. The van der Waals surface area contributed by atoms with Gasteiger partial charge in [0.25, 0.3) is 11.1 Å². The van der Waals surface area contributed by atoms with Crippen molar-refractivity contribution < 1.29 is 9.53 Å². The predicted molar refractivity (Wildman–Crippen MR) is 122 cm³/mol. The van der Waals surface area contributed by atoms with Crippen LogP contribution in [0.25, 0.3) is 32.1 Å². The summed E-state index contributed by atoms with van der Waals surface area (Å²) in [7, 11) is 0. The van der Waals surface area contributed by atoms with Crippen LogP contribution in [0.3, 0.4) is 0 Å². The molecule has 2 aromatic carbocycles. The molecule has 2 N–H and O–H groups in total. The molecule has 0 atom stereocenters. The van der Waals surface area contributed by atoms with Crippen molar-refractivity contribution in [2.75, 3.05) is 0 Å². The third-order valence-corrected chi connectivity index (χ3v) is 5.91. The van der Waals surface area contributed by atoms with Crippen LogP contribution in [0.2, 0.25) is 0 Å². The van der Waals surface area contributed by atoms with E-state index < -0.39 is 5.97 Å². The Morgan fingerprint density at radius 2 is 1.72 bits per heavy atom. The van der Waals surface area contributed by atoms with Crippen molar-refractivity contribution in [3.8, 4) is 11.1 Å². The Morgan fingerprint density at radius 3 is 2.53 bits per heavy atom. The van der Waals surface area contributed by atoms with E-state index in [0.717, 1.165) is 11.1 Å². The maximum atomic E-state index is 12.7. The van der Waals surface area contributed by atoms with Crippen molar-refractivity contribution in [1.29, 1.82) is 0 Å². The minimum atomic E-state index is -0.548. The number of ether oxygens (including phenoxy) is 1. The van der Waals surface area contributed by atoms with Gasteiger partial charge in [-0.15, -0.1) is 11.3 Å². The zero-order valence-electron chi connectivity index (χ0n) is 16.6. The lowest BCUT2D eigenvalue weighted by atomic mass is 10.1. The van der Waals surface area contributed by atoms with Crippen LogP contribution in [0.4, 0.5) is 0 Å². The van der Waals surface area contributed by atoms with Gasteiger partial charge < -0.3 is 9.72 Å². The van der Waals surface area contributed by atoms with Gasteiger partial charge in [-0.3, -0.25) is 14.4 Å². The highest BCUT2D eigenvalue weighted by molar-refractivity contribution is 7.17. The molecular formula is C23H16N4O4S. The minimum absolute atomic E-state index is 0.124. The molecule has 0 bridgehead atoms. The predicted octanol–water partition coefficient (Wildman–Crippen LogP) is 3.17. The van der Waals surface area contributed by atoms with E-state index in [-0.39, 0.29) is 30.0 Å². The van der Waals surface area contributed by atoms with Gasteiger partial charge in [-0.2, -0.15) is 5.10 Å². The van der Waals surface area contributed by atoms with E-state index in [1.54, 1.807) is 24.3 Å². The zero-order chi connectivity index (χ0) is 22.1. The van der Waals surface area contributed by atoms with Crippen LogP contribution in [0.15, 0.2) is 69.6 Å². The Morgan fingerprint density at radius 1 is 0.969 bits per heavy atom. The third-order valence-electron chi connectivity index (χ3n) is 5.03. The van der Waals surface area contributed by atoms with Crippen molar-refractivity contribution in [3.05, 3.63) is 92.2 Å². The normalized spacial score (nSPS) is 11.1. The molecule has 8 nitrogen and oxygen atoms in total. The van der Waals surface area contributed by atoms with Crippen LogP contribution < -0.4 is 11.1 Å². The molecule has 0 saturated heterocycles. The van der Waals surface area contributed by atoms with Gasteiger partial charge in [0.1, 0.15) is 17.3 Å². The molecule has 9 heteroatoms. The van der Waals surface area contributed by atoms with Crippen LogP contribution in [0.5, 0.6) is 0 Å². The van der Waals surface area contributed by atoms with E-state index in [1.165, 1.54) is 11.3 Å². The highest BCUT2D eigenvalue weighted by Crippen LogP contribution is 2.30. The van der Waals surface area contributed by atoms with Crippen LogP contribution in [-0.2, 0) is 22.6 Å². The van der Waals surface area contributed by atoms with E-state index in [0.29, 0.717) is 26.7 Å². The van der Waals surface area contributed by atoms with Crippen molar-refractivity contribution >= 4 is 38.3 Å². The fourth-order valence-corrected chi connectivity index (χ4v) is 4.50. The summed E-state index contributed by atoms with van der Waals surface area (Å²) in [6.45, 7) is -0.177. The number of nitrogens with one attached hydrogen (secondary N) is 2. The first-order chi connectivity index (χ1) is 15.6. The number of esters is 1. The summed E-state index contributed by atoms with van der Waals surface area (Å²) in [6, 6.07) is 16.5. The minimum Gasteiger partial charge on any atom is -0.457 e. The van der Waals surface area contributed by atoms with Gasteiger partial charge in [-0.1, -0.05) is 48.5 Å². The summed E-state index contributed by atoms with van der Waals surface area (Å²) >= 11 is 1.36. The number of thiophene rings is 1. The van der Waals surface area contributed by atoms with Crippen LogP contribution in [0, 0.1) is 0 Å². The number of aromatic amines is 2. The standard InChI is InChI=1S/C23H16N4O4S/c28-19(10-17-14-8-4-5-9-15(14)21(29)27-26-17)31-11-18-24-22(30)20-16(12-32-23(20)25-18)13-6-2-1-3-7-13/h1-9,12H,10-11H2,(H,27,29)(H,24,25,30). The fourth-order valence-electron chi connectivity index (χ4n) is 3.53. The summed E-state index contributed by atoms with van der Waals surface area (Å²) in [6.07, 6.45) is -0.124. The van der Waals surface area contributed by atoms with Crippen LogP contribution >= 0.6 is 11.3 Å². The first-order valence-electron chi connectivity index (χ1n) is 9.78. The largest absolute Gasteiger partial charge is 0.457 e. The van der Waals surface area contributed by atoms with Gasteiger partial charge in [0.15, 0.2) is 0 Å². The molecule has 158 valence electrons. The average Bonchev–Trinajstić information content (AvgIpc) is 3.25. The second-order valence-corrected chi connectivity index (χ2v) is 7.95. The molecule has 3 heterocycles. The molecular weight excluding hydrogens is 428 g/mol. The van der Waals surface area contributed by atoms with E-state index >= 15 is 0 Å². The molecule has 0 aliphatic heterocycles. The molecule has 3 aromatic heterocycles. The molecule has 0 fully saturated rings. The molecule has 32 heavy (non-hydrogen) atoms. The first kappa shape index (κ1) is 19.8. The third kappa shape index (κ3) is 3.69. The Kier molecular flexibility index (Phi) is 5.08. The Labute approximate surface area is 184 Å². The van der Waals surface area contributed by atoms with Crippen molar-refractivity contribution in [2.45, 2.75) is 13.0 Å². The summed E-state index contributed by atoms with van der Waals surface area (Å²) in [5, 5.41) is 9.82. The lowest BCUT2D eigenvalue weighted by Crippen LogP contribution is -2.17. The topological polar surface area (TPSA) is 118 Å². The smallest absolute Gasteiger partial charge is 0.312 e. The summed E-state index contributed by atoms with van der Waals surface area (Å²) in [5.74, 6) is -0.287. The number of nitrogens with zero attached hydrogens (tertiary/aromatic N) is 2. The molecule has 0 aliphatic rings. The number of rotatable bonds is 5. The molecule has 0 aliphatic carbocycles. The molecule has 0 unspecified atom stereocenters. The van der Waals surface area contributed by atoms with E-state index in [2.05, 4.69) is 20.2 Å². The Balaban J connectivity index is 1.35. The van der Waals surface area contributed by atoms with Gasteiger partial charge in [0.2, 0.25) is 0 Å². The van der Waals surface area contributed by atoms with E-state index in [4.69, 9.17) is 4.74 Å². The van der Waals surface area contributed by atoms with Crippen molar-refractivity contribution in [1.82, 2.24) is 20.2 Å². The molecule has 0 radical (unpaired) electrons. The number of hydrogen-bond donors (Lipinski definition) is 2. The number of benzene rings is 2. The van der Waals surface area contributed by atoms with Gasteiger partial charge in [0.05, 0.1) is 22.9 Å². The van der Waals surface area contributed by atoms with Gasteiger partial charge in [0, 0.05) is 16.3 Å². The number of H-pyrrole nitrogens is 2. The maximum Gasteiger partial charge on any atom is 0.312 e. The molecule has 5 aromatic rings. The number of aromatic nitrogens is 4. The number of carbonyl (C=O) groups is 1. The number of carbonyl (C=O) groups excluding carboxylic acids is 1. The SMILES string of the molecule is O=C(Cc1n[nH]c(=O)c2ccccc12)OCc1nc2scc(-c3ccccc3)c2c(=O)[nH]1. The first-order valence-corrected chi connectivity index (χ1v) is 10.7. The van der Waals surface area contributed by atoms with Gasteiger partial charge >= 0.3 is 5.97 Å². The van der Waals surface area contributed by atoms with Crippen molar-refractivity contribution in [3.63, 3.8) is 0 Å². The van der Waals surface area contributed by atoms with Crippen LogP contribution in [0.1, 0.15) is 11.5 Å². The van der Waals surface area contributed by atoms with E-state index in [9.17, 15) is 14.4 Å². The molecule has 5 rings (SSSR count). The number of fused-ring (bicyclic) bond motifs is 2. The summed E-state index contributed by atoms with van der Waals surface area (Å²) in [4.78, 5) is 44.7. The lowest BCUT2D eigenvalue weighted by molar-refractivity contribution is -0.144. The quantitative estimate of drug-likeness (QED) is 0.402. The molecule has 0 amide bonds. The monoisotopic (exact) mass is 444 g/mol. The highest BCUT2D eigenvalue weighted by atomic mass is 32.1. The average molecular weight is 444 g/mol. The fraction of sp³-hybridized carbons (Fsp3) is 0.0870. The molecule has 0 spiro atoms. The summed E-state index contributed by atoms with van der Waals surface area (Å²) < 4.78 is 5.31. The zero-order valence-corrected chi connectivity index (χ0v) is 17.4. The lowest BCUT2D eigenvalue weighted by Gasteiger charge is -2.06. The van der Waals surface area contributed by atoms with Crippen LogP contribution in [-0.4, -0.2) is 26.1 Å². The second-order valence-electron chi connectivity index (χ2n) is 7.09. The highest BCUT2D eigenvalue weighted by Gasteiger charge is 2.15. The van der Waals surface area contributed by atoms with Gasteiger partial charge in [-0.25, -0.2) is 10.1 Å². The number of hydrogen-bond acceptors (Lipinski definition) is 7. The van der Waals surface area contributed by atoms with E-state index in [1.807, 2.05) is 35.7 Å². The second kappa shape index (κ2) is 8.20. The van der Waals surface area contributed by atoms with Crippen molar-refractivity contribution in [2.24, 2.45) is 0 Å². The molecule has 0 saturated carbocycles. The maximum absolute atomic E-state index is 12.7. The summed E-state index contributed by atoms with van der Waals surface area (Å²) in [5.41, 5.74) is 1.56.